The predicted molar refractivity (Wildman–Crippen MR) is 150 cm³/mol. The zero-order chi connectivity index (χ0) is 27.3. The number of nitrogens with zero attached hydrogens (tertiary/aromatic N) is 3. The van der Waals surface area contributed by atoms with E-state index in [4.69, 9.17) is 4.74 Å². The van der Waals surface area contributed by atoms with Crippen molar-refractivity contribution in [3.63, 3.8) is 0 Å². The number of likely N-dealkylation sites (N-methyl/N-ethyl adjacent to an activating group) is 1. The monoisotopic (exact) mass is 530 g/mol. The Bertz CT molecular complexity index is 1410. The summed E-state index contributed by atoms with van der Waals surface area (Å²) in [6.07, 6.45) is 1.50. The lowest BCUT2D eigenvalue weighted by Crippen LogP contribution is -2.53. The van der Waals surface area contributed by atoms with Crippen molar-refractivity contribution in [2.75, 3.05) is 53.4 Å². The van der Waals surface area contributed by atoms with Crippen LogP contribution in [0.4, 0.5) is 0 Å². The molecule has 3 aliphatic rings. The Hall–Kier alpha value is -3.36. The summed E-state index contributed by atoms with van der Waals surface area (Å²) in [4.78, 5) is 37.8. The fourth-order valence-electron chi connectivity index (χ4n) is 7.11. The molecule has 0 radical (unpaired) electrons. The van der Waals surface area contributed by atoms with Crippen LogP contribution in [0.5, 0.6) is 11.5 Å². The molecule has 3 aromatic rings. The number of piperazine rings is 1. The van der Waals surface area contributed by atoms with Crippen molar-refractivity contribution >= 4 is 22.7 Å². The maximum absolute atomic E-state index is 14.5. The van der Waals surface area contributed by atoms with Gasteiger partial charge in [0.1, 0.15) is 11.5 Å². The summed E-state index contributed by atoms with van der Waals surface area (Å²) in [5.41, 5.74) is 3.35. The predicted octanol–water partition coefficient (Wildman–Crippen LogP) is 3.59. The normalized spacial score (nSPS) is 26.4. The van der Waals surface area contributed by atoms with Gasteiger partial charge >= 0.3 is 0 Å². The minimum Gasteiger partial charge on any atom is -0.508 e. The first-order chi connectivity index (χ1) is 18.8. The number of nitrogens with one attached hydrogen (secondary N) is 1. The maximum atomic E-state index is 14.5. The molecule has 2 aliphatic heterocycles. The van der Waals surface area contributed by atoms with Crippen LogP contribution in [0.3, 0.4) is 0 Å². The number of phenols is 1. The molecule has 2 fully saturated rings. The topological polar surface area (TPSA) is 89.1 Å². The minimum absolute atomic E-state index is 0.0721. The fourth-order valence-corrected chi connectivity index (χ4v) is 7.11. The van der Waals surface area contributed by atoms with Crippen molar-refractivity contribution < 1.29 is 19.4 Å². The van der Waals surface area contributed by atoms with E-state index in [0.29, 0.717) is 32.4 Å². The van der Waals surface area contributed by atoms with Gasteiger partial charge in [-0.15, -0.1) is 0 Å². The average molecular weight is 531 g/mol. The molecule has 0 bridgehead atoms. The third-order valence-electron chi connectivity index (χ3n) is 9.39. The number of rotatable bonds is 5. The van der Waals surface area contributed by atoms with Gasteiger partial charge in [0.25, 0.3) is 0 Å². The van der Waals surface area contributed by atoms with Crippen LogP contribution in [-0.2, 0) is 16.0 Å². The number of H-pyrrole nitrogens is 1. The Morgan fingerprint density at radius 2 is 1.87 bits per heavy atom. The van der Waals surface area contributed by atoms with E-state index in [-0.39, 0.29) is 29.4 Å². The van der Waals surface area contributed by atoms with Crippen molar-refractivity contribution in [2.45, 2.75) is 32.1 Å². The fraction of sp³-hybridized carbons (Fsp3) is 0.484. The molecule has 8 nitrogen and oxygen atoms in total. The second kappa shape index (κ2) is 9.99. The third kappa shape index (κ3) is 4.49. The summed E-state index contributed by atoms with van der Waals surface area (Å²) in [7, 11) is 3.78. The van der Waals surface area contributed by atoms with E-state index in [1.165, 1.54) is 0 Å². The van der Waals surface area contributed by atoms with Crippen LogP contribution >= 0.6 is 0 Å². The van der Waals surface area contributed by atoms with Crippen molar-refractivity contribution in [3.05, 3.63) is 59.3 Å². The molecule has 2 unspecified atom stereocenters. The number of methoxy groups -OCH3 is 1. The molecule has 2 saturated heterocycles. The first-order valence-electron chi connectivity index (χ1n) is 14.0. The highest BCUT2D eigenvalue weighted by atomic mass is 16.5. The molecule has 3 heterocycles. The quantitative estimate of drug-likeness (QED) is 0.490. The van der Waals surface area contributed by atoms with Crippen LogP contribution in [0.1, 0.15) is 42.5 Å². The Kier molecular flexibility index (Phi) is 6.63. The van der Waals surface area contributed by atoms with Gasteiger partial charge in [0.15, 0.2) is 0 Å². The van der Waals surface area contributed by atoms with Crippen LogP contribution < -0.4 is 4.74 Å². The van der Waals surface area contributed by atoms with Gasteiger partial charge in [-0.3, -0.25) is 19.4 Å². The number of aromatic hydroxyl groups is 1. The molecule has 0 saturated carbocycles. The number of likely N-dealkylation sites (tertiary alicyclic amines) is 1. The van der Waals surface area contributed by atoms with E-state index in [0.717, 1.165) is 59.7 Å². The Morgan fingerprint density at radius 1 is 1.08 bits per heavy atom. The smallest absolute Gasteiger partial charge is 0.235 e. The maximum Gasteiger partial charge on any atom is 0.235 e. The highest BCUT2D eigenvalue weighted by Crippen LogP contribution is 2.55. The molecule has 2 N–H and O–H groups in total. The summed E-state index contributed by atoms with van der Waals surface area (Å²) >= 11 is 0. The van der Waals surface area contributed by atoms with Gasteiger partial charge in [0, 0.05) is 68.2 Å². The molecule has 6 rings (SSSR count). The molecule has 2 amide bonds. The van der Waals surface area contributed by atoms with Gasteiger partial charge in [-0.1, -0.05) is 19.1 Å². The zero-order valence-corrected chi connectivity index (χ0v) is 23.1. The summed E-state index contributed by atoms with van der Waals surface area (Å²) < 4.78 is 5.54. The van der Waals surface area contributed by atoms with E-state index in [2.05, 4.69) is 28.8 Å². The largest absolute Gasteiger partial charge is 0.508 e. The molecule has 2 aromatic carbocycles. The summed E-state index contributed by atoms with van der Waals surface area (Å²) in [6.45, 7) is 7.09. The number of carbonyl (C=O) groups excluding carboxylic acids is 2. The van der Waals surface area contributed by atoms with Crippen molar-refractivity contribution in [1.82, 2.24) is 19.7 Å². The SMILES string of the molecule is COc1ccc2[nH]c3c(c2c1)C[C@@]1(C)C(=O)N(CCN2CCN(C)CC2)C(=O)CCC1C3c1cccc(O)c1. The summed E-state index contributed by atoms with van der Waals surface area (Å²) in [5, 5.41) is 11.4. The van der Waals surface area contributed by atoms with Crippen LogP contribution in [0, 0.1) is 11.3 Å². The lowest BCUT2D eigenvalue weighted by atomic mass is 9.59. The first-order valence-corrected chi connectivity index (χ1v) is 14.0. The Labute approximate surface area is 229 Å². The van der Waals surface area contributed by atoms with Crippen LogP contribution in [-0.4, -0.2) is 90.0 Å². The molecular weight excluding hydrogens is 492 g/mol. The number of amides is 2. The number of carbonyl (C=O) groups is 2. The highest BCUT2D eigenvalue weighted by molar-refractivity contribution is 6.00. The van der Waals surface area contributed by atoms with Gasteiger partial charge in [0.05, 0.1) is 12.5 Å². The second-order valence-electron chi connectivity index (χ2n) is 11.7. The van der Waals surface area contributed by atoms with Gasteiger partial charge in [0.2, 0.25) is 11.8 Å². The number of hydrogen-bond donors (Lipinski definition) is 2. The second-order valence-corrected chi connectivity index (χ2v) is 11.7. The number of phenolic OH excluding ortho intramolecular Hbond substituents is 1. The number of aromatic amines is 1. The number of ether oxygens (including phenoxy) is 1. The van der Waals surface area contributed by atoms with Crippen LogP contribution in [0.15, 0.2) is 42.5 Å². The molecule has 8 heteroatoms. The Morgan fingerprint density at radius 3 is 2.62 bits per heavy atom. The summed E-state index contributed by atoms with van der Waals surface area (Å²) in [5.74, 6) is 0.572. The molecular formula is C31H38N4O4. The molecule has 0 spiro atoms. The standard InChI is InChI=1S/C31H38N4O4/c1-31-19-24-23-18-22(39-3)7-9-26(23)32-29(24)28(20-5-4-6-21(36)17-20)25(31)8-10-27(37)35(30(31)38)16-15-34-13-11-33(2)12-14-34/h4-7,9,17-18,25,28,32,36H,8,10-16,19H2,1-3H3/t25?,28?,31-/m1/s1. The lowest BCUT2D eigenvalue weighted by Gasteiger charge is -2.45. The zero-order valence-electron chi connectivity index (χ0n) is 23.1. The van der Waals surface area contributed by atoms with Crippen LogP contribution in [0.2, 0.25) is 0 Å². The van der Waals surface area contributed by atoms with Crippen molar-refractivity contribution in [3.8, 4) is 11.5 Å². The number of benzene rings is 2. The number of aromatic nitrogens is 1. The average Bonchev–Trinajstić information content (AvgIpc) is 3.25. The van der Waals surface area contributed by atoms with E-state index >= 15 is 0 Å². The third-order valence-corrected chi connectivity index (χ3v) is 9.39. The summed E-state index contributed by atoms with van der Waals surface area (Å²) in [6, 6.07) is 13.3. The lowest BCUT2D eigenvalue weighted by molar-refractivity contribution is -0.151. The van der Waals surface area contributed by atoms with E-state index in [9.17, 15) is 14.7 Å². The van der Waals surface area contributed by atoms with Gasteiger partial charge in [-0.25, -0.2) is 0 Å². The first kappa shape index (κ1) is 25.9. The van der Waals surface area contributed by atoms with Crippen molar-refractivity contribution in [1.29, 1.82) is 0 Å². The molecule has 3 atom stereocenters. The van der Waals surface area contributed by atoms with E-state index in [1.807, 2.05) is 30.3 Å². The molecule has 1 aliphatic carbocycles. The number of imide groups is 1. The minimum atomic E-state index is -0.768. The van der Waals surface area contributed by atoms with Gasteiger partial charge in [-0.2, -0.15) is 0 Å². The number of hydrogen-bond acceptors (Lipinski definition) is 6. The highest BCUT2D eigenvalue weighted by Gasteiger charge is 2.54. The van der Waals surface area contributed by atoms with Gasteiger partial charge < -0.3 is 19.7 Å². The number of fused-ring (bicyclic) bond motifs is 4. The molecule has 39 heavy (non-hydrogen) atoms. The van der Waals surface area contributed by atoms with E-state index < -0.39 is 5.41 Å². The van der Waals surface area contributed by atoms with Crippen molar-refractivity contribution in [2.24, 2.45) is 11.3 Å². The van der Waals surface area contributed by atoms with Crippen LogP contribution in [0.25, 0.3) is 10.9 Å². The van der Waals surface area contributed by atoms with E-state index in [1.54, 1.807) is 24.1 Å². The molecule has 206 valence electrons. The van der Waals surface area contributed by atoms with Gasteiger partial charge in [-0.05, 0) is 67.3 Å². The Balaban J connectivity index is 1.42. The molecule has 1 aromatic heterocycles.